The number of hydrogen-bond donors (Lipinski definition) is 1. The fraction of sp³-hybridized carbons (Fsp3) is 0.462. The van der Waals surface area contributed by atoms with E-state index >= 15 is 0 Å². The number of hydrogen-bond acceptors (Lipinski definition) is 2. The SMILES string of the molecule is Cc1cc(F)ccc1CNCC(C)(C)C#N. The number of halogens is 1. The molecule has 0 aliphatic rings. The molecule has 0 radical (unpaired) electrons. The predicted octanol–water partition coefficient (Wildman–Crippen LogP) is 2.77. The zero-order chi connectivity index (χ0) is 12.2. The monoisotopic (exact) mass is 220 g/mol. The fourth-order valence-corrected chi connectivity index (χ4v) is 1.41. The zero-order valence-corrected chi connectivity index (χ0v) is 9.97. The topological polar surface area (TPSA) is 35.8 Å². The third-order valence-electron chi connectivity index (χ3n) is 2.49. The van der Waals surface area contributed by atoms with Gasteiger partial charge in [-0.2, -0.15) is 5.26 Å². The lowest BCUT2D eigenvalue weighted by atomic mass is 9.96. The Morgan fingerprint density at radius 2 is 2.12 bits per heavy atom. The molecule has 86 valence electrons. The van der Waals surface area contributed by atoms with Gasteiger partial charge in [0, 0.05) is 13.1 Å². The van der Waals surface area contributed by atoms with Gasteiger partial charge in [-0.25, -0.2) is 4.39 Å². The molecule has 0 saturated heterocycles. The number of aryl methyl sites for hydroxylation is 1. The summed E-state index contributed by atoms with van der Waals surface area (Å²) in [6.45, 7) is 6.95. The largest absolute Gasteiger partial charge is 0.311 e. The smallest absolute Gasteiger partial charge is 0.123 e. The van der Waals surface area contributed by atoms with Gasteiger partial charge in [-0.15, -0.1) is 0 Å². The van der Waals surface area contributed by atoms with Gasteiger partial charge in [0.25, 0.3) is 0 Å². The van der Waals surface area contributed by atoms with Crippen LogP contribution < -0.4 is 5.32 Å². The summed E-state index contributed by atoms with van der Waals surface area (Å²) in [6.07, 6.45) is 0. The molecule has 1 rings (SSSR count). The van der Waals surface area contributed by atoms with Crippen molar-refractivity contribution in [1.29, 1.82) is 5.26 Å². The molecule has 2 nitrogen and oxygen atoms in total. The normalized spacial score (nSPS) is 11.2. The van der Waals surface area contributed by atoms with Crippen LogP contribution in [0, 0.1) is 29.5 Å². The van der Waals surface area contributed by atoms with Crippen LogP contribution in [0.15, 0.2) is 18.2 Å². The second kappa shape index (κ2) is 5.09. The summed E-state index contributed by atoms with van der Waals surface area (Å²) in [5, 5.41) is 12.1. The van der Waals surface area contributed by atoms with Crippen molar-refractivity contribution in [2.45, 2.75) is 27.3 Å². The van der Waals surface area contributed by atoms with E-state index in [1.54, 1.807) is 6.07 Å². The Balaban J connectivity index is 2.53. The Morgan fingerprint density at radius 1 is 1.44 bits per heavy atom. The second-order valence-corrected chi connectivity index (χ2v) is 4.67. The minimum atomic E-state index is -0.367. The average molecular weight is 220 g/mol. The molecule has 1 N–H and O–H groups in total. The van der Waals surface area contributed by atoms with Crippen LogP contribution in [0.4, 0.5) is 4.39 Å². The zero-order valence-electron chi connectivity index (χ0n) is 9.97. The van der Waals surface area contributed by atoms with Crippen molar-refractivity contribution >= 4 is 0 Å². The van der Waals surface area contributed by atoms with Crippen LogP contribution in [-0.4, -0.2) is 6.54 Å². The Labute approximate surface area is 96.1 Å². The minimum Gasteiger partial charge on any atom is -0.311 e. The van der Waals surface area contributed by atoms with Gasteiger partial charge in [0.1, 0.15) is 5.82 Å². The highest BCUT2D eigenvalue weighted by Crippen LogP contribution is 2.13. The van der Waals surface area contributed by atoms with Crippen LogP contribution in [0.5, 0.6) is 0 Å². The first kappa shape index (κ1) is 12.7. The van der Waals surface area contributed by atoms with Gasteiger partial charge >= 0.3 is 0 Å². The Kier molecular flexibility index (Phi) is 4.03. The Bertz CT molecular complexity index is 405. The molecule has 0 spiro atoms. The molecule has 16 heavy (non-hydrogen) atoms. The van der Waals surface area contributed by atoms with E-state index < -0.39 is 0 Å². The Hall–Kier alpha value is -1.40. The van der Waals surface area contributed by atoms with E-state index in [-0.39, 0.29) is 11.2 Å². The maximum Gasteiger partial charge on any atom is 0.123 e. The molecule has 0 fully saturated rings. The number of nitrogens with zero attached hydrogens (tertiary/aromatic N) is 1. The van der Waals surface area contributed by atoms with E-state index in [0.29, 0.717) is 13.1 Å². The summed E-state index contributed by atoms with van der Waals surface area (Å²) in [7, 11) is 0. The van der Waals surface area contributed by atoms with Crippen LogP contribution in [0.3, 0.4) is 0 Å². The summed E-state index contributed by atoms with van der Waals surface area (Å²) in [5.74, 6) is -0.210. The standard InChI is InChI=1S/C13H17FN2/c1-10-6-12(14)5-4-11(10)7-16-9-13(2,3)8-15/h4-6,16H,7,9H2,1-3H3. The number of nitrogens with one attached hydrogen (secondary N) is 1. The molecule has 0 unspecified atom stereocenters. The molecule has 3 heteroatoms. The van der Waals surface area contributed by atoms with Gasteiger partial charge in [-0.3, -0.25) is 0 Å². The van der Waals surface area contributed by atoms with Gasteiger partial charge in [0.2, 0.25) is 0 Å². The first-order valence-corrected chi connectivity index (χ1v) is 5.31. The van der Waals surface area contributed by atoms with Gasteiger partial charge in [0.05, 0.1) is 11.5 Å². The van der Waals surface area contributed by atoms with Crippen LogP contribution >= 0.6 is 0 Å². The van der Waals surface area contributed by atoms with Crippen molar-refractivity contribution in [2.24, 2.45) is 5.41 Å². The Morgan fingerprint density at radius 3 is 2.69 bits per heavy atom. The summed E-state index contributed by atoms with van der Waals surface area (Å²) < 4.78 is 12.9. The molecule has 0 aliphatic carbocycles. The highest BCUT2D eigenvalue weighted by atomic mass is 19.1. The maximum absolute atomic E-state index is 12.9. The fourth-order valence-electron chi connectivity index (χ4n) is 1.41. The third-order valence-corrected chi connectivity index (χ3v) is 2.49. The van der Waals surface area contributed by atoms with Crippen LogP contribution in [0.1, 0.15) is 25.0 Å². The molecular formula is C13H17FN2. The molecule has 0 atom stereocenters. The summed E-state index contributed by atoms with van der Waals surface area (Å²) >= 11 is 0. The minimum absolute atomic E-state index is 0.210. The van der Waals surface area contributed by atoms with Crippen molar-refractivity contribution in [1.82, 2.24) is 5.32 Å². The predicted molar refractivity (Wildman–Crippen MR) is 62.2 cm³/mol. The molecule has 0 aliphatic heterocycles. The van der Waals surface area contributed by atoms with Gasteiger partial charge in [-0.1, -0.05) is 6.07 Å². The lowest BCUT2D eigenvalue weighted by Gasteiger charge is -2.16. The number of nitriles is 1. The highest BCUT2D eigenvalue weighted by molar-refractivity contribution is 5.26. The van der Waals surface area contributed by atoms with E-state index in [4.69, 9.17) is 5.26 Å². The molecule has 1 aromatic rings. The van der Waals surface area contributed by atoms with Crippen molar-refractivity contribution < 1.29 is 4.39 Å². The van der Waals surface area contributed by atoms with Crippen molar-refractivity contribution in [3.63, 3.8) is 0 Å². The van der Waals surface area contributed by atoms with Crippen LogP contribution in [0.2, 0.25) is 0 Å². The van der Waals surface area contributed by atoms with E-state index in [1.165, 1.54) is 12.1 Å². The molecule has 0 heterocycles. The summed E-state index contributed by atoms with van der Waals surface area (Å²) in [4.78, 5) is 0. The van der Waals surface area contributed by atoms with Gasteiger partial charge in [-0.05, 0) is 44.0 Å². The van der Waals surface area contributed by atoms with Crippen molar-refractivity contribution in [3.05, 3.63) is 35.1 Å². The molecule has 0 aromatic heterocycles. The first-order valence-electron chi connectivity index (χ1n) is 5.31. The molecule has 0 bridgehead atoms. The van der Waals surface area contributed by atoms with E-state index in [0.717, 1.165) is 11.1 Å². The number of rotatable bonds is 4. The second-order valence-electron chi connectivity index (χ2n) is 4.67. The molecule has 0 saturated carbocycles. The van der Waals surface area contributed by atoms with Crippen molar-refractivity contribution in [2.75, 3.05) is 6.54 Å². The molecule has 0 amide bonds. The molecular weight excluding hydrogens is 203 g/mol. The lowest BCUT2D eigenvalue weighted by molar-refractivity contribution is 0.444. The van der Waals surface area contributed by atoms with E-state index in [2.05, 4.69) is 11.4 Å². The van der Waals surface area contributed by atoms with Gasteiger partial charge in [0.15, 0.2) is 0 Å². The van der Waals surface area contributed by atoms with Gasteiger partial charge < -0.3 is 5.32 Å². The van der Waals surface area contributed by atoms with E-state index in [9.17, 15) is 4.39 Å². The third kappa shape index (κ3) is 3.63. The van der Waals surface area contributed by atoms with Crippen LogP contribution in [0.25, 0.3) is 0 Å². The molecule has 1 aromatic carbocycles. The average Bonchev–Trinajstić information content (AvgIpc) is 2.21. The first-order chi connectivity index (χ1) is 7.44. The maximum atomic E-state index is 12.9. The van der Waals surface area contributed by atoms with Crippen molar-refractivity contribution in [3.8, 4) is 6.07 Å². The van der Waals surface area contributed by atoms with Crippen LogP contribution in [-0.2, 0) is 6.54 Å². The number of benzene rings is 1. The quantitative estimate of drug-likeness (QED) is 0.847. The summed E-state index contributed by atoms with van der Waals surface area (Å²) in [6, 6.07) is 6.98. The summed E-state index contributed by atoms with van der Waals surface area (Å²) in [5.41, 5.74) is 1.63. The lowest BCUT2D eigenvalue weighted by Crippen LogP contribution is -2.27. The van der Waals surface area contributed by atoms with E-state index in [1.807, 2.05) is 20.8 Å². The highest BCUT2D eigenvalue weighted by Gasteiger charge is 2.15.